The lowest BCUT2D eigenvalue weighted by atomic mass is 9.91. The molecule has 3 aliphatic heterocycles. The maximum absolute atomic E-state index is 14.8. The van der Waals surface area contributed by atoms with E-state index in [9.17, 15) is 48.3 Å². The number of rotatable bonds is 15. The van der Waals surface area contributed by atoms with Gasteiger partial charge in [-0.25, -0.2) is 4.79 Å². The van der Waals surface area contributed by atoms with Gasteiger partial charge in [0.2, 0.25) is 47.3 Å². The maximum atomic E-state index is 14.8. The number of carbonyl (C=O) groups excluding carboxylic acids is 9. The molecule has 3 heterocycles. The van der Waals surface area contributed by atoms with Gasteiger partial charge in [0, 0.05) is 32.4 Å². The number of aromatic hydroxyl groups is 1. The molecule has 19 nitrogen and oxygen atoms in total. The van der Waals surface area contributed by atoms with Gasteiger partial charge in [0.1, 0.15) is 48.1 Å². The summed E-state index contributed by atoms with van der Waals surface area (Å²) in [5.74, 6) is -8.38. The summed E-state index contributed by atoms with van der Waals surface area (Å²) in [5.41, 5.74) is 5.04. The summed E-state index contributed by atoms with van der Waals surface area (Å²) in [5, 5.41) is 23.8. The molecule has 4 fully saturated rings. The van der Waals surface area contributed by atoms with Crippen molar-refractivity contribution in [1.29, 1.82) is 0 Å². The smallest absolute Gasteiger partial charge is 0.329 e. The molecule has 4 unspecified atom stereocenters. The van der Waals surface area contributed by atoms with Crippen molar-refractivity contribution in [1.82, 2.24) is 36.4 Å². The summed E-state index contributed by atoms with van der Waals surface area (Å²) < 4.78 is 5.95. The molecule has 1 aromatic rings. The van der Waals surface area contributed by atoms with Gasteiger partial charge in [-0.3, -0.25) is 38.4 Å². The Labute approximate surface area is 387 Å². The second-order valence-electron chi connectivity index (χ2n) is 19.3. The molecular formula is C47H72N8O11. The molecule has 4 aliphatic rings. The van der Waals surface area contributed by atoms with Crippen LogP contribution in [0.1, 0.15) is 113 Å². The molecule has 0 aromatic heterocycles. The Morgan fingerprint density at radius 3 is 2.11 bits per heavy atom. The van der Waals surface area contributed by atoms with Crippen LogP contribution < -0.4 is 32.3 Å². The fraction of sp³-hybridized carbons (Fsp3) is 0.681. The van der Waals surface area contributed by atoms with E-state index >= 15 is 0 Å². The van der Waals surface area contributed by atoms with Gasteiger partial charge in [0.25, 0.3) is 0 Å². The highest BCUT2D eigenvalue weighted by atomic mass is 16.5. The van der Waals surface area contributed by atoms with Crippen LogP contribution in [-0.2, 0) is 54.3 Å². The second kappa shape index (κ2) is 22.6. The van der Waals surface area contributed by atoms with Gasteiger partial charge in [-0.1, -0.05) is 80.4 Å². The zero-order chi connectivity index (χ0) is 49.4. The summed E-state index contributed by atoms with van der Waals surface area (Å²) >= 11 is 0. The monoisotopic (exact) mass is 925 g/mol. The largest absolute Gasteiger partial charge is 0.508 e. The van der Waals surface area contributed by atoms with E-state index in [-0.39, 0.29) is 55.7 Å². The predicted molar refractivity (Wildman–Crippen MR) is 242 cm³/mol. The summed E-state index contributed by atoms with van der Waals surface area (Å²) in [7, 11) is 1.48. The lowest BCUT2D eigenvalue weighted by molar-refractivity contribution is -0.158. The van der Waals surface area contributed by atoms with Crippen LogP contribution in [0.25, 0.3) is 0 Å². The number of carbonyl (C=O) groups is 9. The highest BCUT2D eigenvalue weighted by Gasteiger charge is 2.64. The Hall–Kier alpha value is -5.75. The van der Waals surface area contributed by atoms with Gasteiger partial charge in [-0.05, 0) is 68.1 Å². The number of hydrogen-bond acceptors (Lipinski definition) is 11. The van der Waals surface area contributed by atoms with E-state index < -0.39 is 113 Å². The van der Waals surface area contributed by atoms with Crippen molar-refractivity contribution in [3.05, 3.63) is 29.8 Å². The summed E-state index contributed by atoms with van der Waals surface area (Å²) in [6.45, 7) is 15.7. The van der Waals surface area contributed by atoms with Gasteiger partial charge in [-0.2, -0.15) is 0 Å². The van der Waals surface area contributed by atoms with Crippen molar-refractivity contribution in [3.8, 4) is 5.75 Å². The van der Waals surface area contributed by atoms with Gasteiger partial charge in [0.15, 0.2) is 0 Å². The topological polar surface area (TPSA) is 276 Å². The minimum Gasteiger partial charge on any atom is -0.508 e. The van der Waals surface area contributed by atoms with Crippen LogP contribution in [0.5, 0.6) is 5.75 Å². The first-order chi connectivity index (χ1) is 30.9. The molecule has 11 atom stereocenters. The Morgan fingerprint density at radius 1 is 0.894 bits per heavy atom. The molecule has 1 spiro atoms. The van der Waals surface area contributed by atoms with E-state index in [0.717, 1.165) is 0 Å². The number of amides is 8. The first-order valence-electron chi connectivity index (χ1n) is 23.3. The van der Waals surface area contributed by atoms with Crippen molar-refractivity contribution in [3.63, 3.8) is 0 Å². The highest BCUT2D eigenvalue weighted by molar-refractivity contribution is 5.98. The van der Waals surface area contributed by atoms with Crippen LogP contribution >= 0.6 is 0 Å². The standard InChI is InChI=1S/C47H72N8O11/c1-11-26(7)36-46(65)66-28(9)37(52-40(59)32(17-18-35(48)57)49-39(58)25(5)6)43(62)50-33(21-24(3)4)41(60)53-47-19-20-55(44(63)31(47)23-47)38(27(8)12-2)45(64)54(10)34(42(61)51-36)22-29-13-15-30(56)16-14-29/h13-16,24-28,31-34,36-38,56H,11-12,17-23H2,1-10H3,(H2,48,57)(H,49,58)(H,50,62)(H,51,61)(H,52,59)(H,53,60)/t26?,27?,28-,31?,32+,33+,34+,36+,37+,38+,47?/m1/s1. The number of benzene rings is 1. The maximum Gasteiger partial charge on any atom is 0.329 e. The average Bonchev–Trinajstić information content (AvgIpc) is 3.99. The molecule has 0 radical (unpaired) electrons. The fourth-order valence-electron chi connectivity index (χ4n) is 8.63. The number of primary amides is 1. The van der Waals surface area contributed by atoms with Crippen molar-refractivity contribution in [2.75, 3.05) is 13.6 Å². The van der Waals surface area contributed by atoms with Gasteiger partial charge >= 0.3 is 5.97 Å². The molecule has 3 saturated heterocycles. The van der Waals surface area contributed by atoms with E-state index in [0.29, 0.717) is 31.2 Å². The quantitative estimate of drug-likeness (QED) is 0.0970. The van der Waals surface area contributed by atoms with Gasteiger partial charge in [-0.15, -0.1) is 0 Å². The number of ether oxygens (including phenoxy) is 1. The molecule has 1 saturated carbocycles. The lowest BCUT2D eigenvalue weighted by Gasteiger charge is -2.42. The number of esters is 1. The van der Waals surface area contributed by atoms with Crippen LogP contribution in [0.15, 0.2) is 24.3 Å². The Morgan fingerprint density at radius 2 is 1.53 bits per heavy atom. The van der Waals surface area contributed by atoms with Crippen LogP contribution in [0, 0.1) is 29.6 Å². The van der Waals surface area contributed by atoms with Crippen molar-refractivity contribution >= 4 is 53.2 Å². The Kier molecular flexibility index (Phi) is 18.1. The number of nitrogens with two attached hydrogens (primary N) is 1. The number of fused-ring (bicyclic) bond motifs is 16. The van der Waals surface area contributed by atoms with Crippen molar-refractivity contribution in [2.45, 2.75) is 162 Å². The highest BCUT2D eigenvalue weighted by Crippen LogP contribution is 2.51. The number of hydrogen-bond donors (Lipinski definition) is 7. The van der Waals surface area contributed by atoms with E-state index in [2.05, 4.69) is 26.6 Å². The molecule has 8 amide bonds. The average molecular weight is 925 g/mol. The number of nitrogens with one attached hydrogen (secondary N) is 5. The van der Waals surface area contributed by atoms with E-state index in [1.165, 1.54) is 31.0 Å². The molecule has 1 aliphatic carbocycles. The molecule has 8 N–H and O–H groups in total. The molecule has 2 bridgehead atoms. The third-order valence-electron chi connectivity index (χ3n) is 13.4. The van der Waals surface area contributed by atoms with Gasteiger partial charge < -0.3 is 52.0 Å². The molecule has 1 aromatic carbocycles. The second-order valence-corrected chi connectivity index (χ2v) is 19.3. The predicted octanol–water partition coefficient (Wildman–Crippen LogP) is 1.18. The number of phenolic OH excluding ortho intramolecular Hbond substituents is 1. The normalized spacial score (nSPS) is 28.0. The third kappa shape index (κ3) is 13.0. The first-order valence-corrected chi connectivity index (χ1v) is 23.3. The summed E-state index contributed by atoms with van der Waals surface area (Å²) in [4.78, 5) is 129. The first kappa shape index (κ1) is 52.9. The molecule has 66 heavy (non-hydrogen) atoms. The van der Waals surface area contributed by atoms with Crippen LogP contribution in [-0.4, -0.2) is 130 Å². The van der Waals surface area contributed by atoms with Crippen molar-refractivity contribution < 1.29 is 53.0 Å². The third-order valence-corrected chi connectivity index (χ3v) is 13.4. The zero-order valence-electron chi connectivity index (χ0n) is 40.1. The van der Waals surface area contributed by atoms with Crippen LogP contribution in [0.4, 0.5) is 0 Å². The minimum atomic E-state index is -1.69. The number of phenols is 1. The van der Waals surface area contributed by atoms with Crippen LogP contribution in [0.2, 0.25) is 0 Å². The van der Waals surface area contributed by atoms with Gasteiger partial charge in [0.05, 0.1) is 11.5 Å². The fourth-order valence-corrected chi connectivity index (χ4v) is 8.63. The van der Waals surface area contributed by atoms with E-state index in [1.807, 2.05) is 27.7 Å². The molecule has 19 heteroatoms. The zero-order valence-corrected chi connectivity index (χ0v) is 40.1. The SMILES string of the molecule is CCC(C)[C@@H]1NC(=O)[C@H](Cc2ccc(O)cc2)N(C)C(=O)[C@H](C(C)CC)N2CCC3(CC3C2=O)NC(=O)[C@H](CC(C)C)NC(=O)[C@@H](NC(=O)[C@H](CCC(N)=O)NC(=O)C(C)C)[C@@H](C)OC1=O. The number of piperidine rings is 1. The Balaban J connectivity index is 1.84. The molecule has 366 valence electrons. The summed E-state index contributed by atoms with van der Waals surface area (Å²) in [6.07, 6.45) is -0.363. The Bertz CT molecular complexity index is 1980. The van der Waals surface area contributed by atoms with Crippen LogP contribution in [0.3, 0.4) is 0 Å². The number of likely N-dealkylation sites (N-methyl/N-ethyl adjacent to an activating group) is 1. The minimum absolute atomic E-state index is 0.00885. The molecular weight excluding hydrogens is 853 g/mol. The van der Waals surface area contributed by atoms with E-state index in [4.69, 9.17) is 10.5 Å². The van der Waals surface area contributed by atoms with Crippen molar-refractivity contribution in [2.24, 2.45) is 35.3 Å². The summed E-state index contributed by atoms with van der Waals surface area (Å²) in [6, 6.07) is -1.63. The molecule has 5 rings (SSSR count). The number of nitrogens with zero attached hydrogens (tertiary/aromatic N) is 2. The lowest BCUT2D eigenvalue weighted by Crippen LogP contribution is -2.63. The van der Waals surface area contributed by atoms with E-state index in [1.54, 1.807) is 44.7 Å².